The van der Waals surface area contributed by atoms with Gasteiger partial charge in [-0.1, -0.05) is 48.5 Å². The van der Waals surface area contributed by atoms with Gasteiger partial charge in [0, 0.05) is 28.7 Å². The van der Waals surface area contributed by atoms with Gasteiger partial charge in [-0.05, 0) is 64.4 Å². The maximum Gasteiger partial charge on any atom is 0.262 e. The number of hydrogen-bond donors (Lipinski definition) is 0. The third kappa shape index (κ3) is 4.40. The molecule has 0 saturated carbocycles. The van der Waals surface area contributed by atoms with E-state index in [-0.39, 0.29) is 23.1 Å². The van der Waals surface area contributed by atoms with Gasteiger partial charge in [-0.15, -0.1) is 0 Å². The van der Waals surface area contributed by atoms with Crippen LogP contribution in [0.1, 0.15) is 53.6 Å². The number of aromatic nitrogens is 3. The van der Waals surface area contributed by atoms with Crippen LogP contribution in [0, 0.1) is 20.8 Å². The molecule has 0 N–H and O–H groups in total. The van der Waals surface area contributed by atoms with Crippen molar-refractivity contribution >= 4 is 28.4 Å². The Balaban J connectivity index is 1.65. The van der Waals surface area contributed by atoms with Crippen molar-refractivity contribution in [3.8, 4) is 5.69 Å². The van der Waals surface area contributed by atoms with Gasteiger partial charge in [0.25, 0.3) is 5.56 Å². The summed E-state index contributed by atoms with van der Waals surface area (Å²) in [4.78, 5) is 31.1. The number of nitrogens with zero attached hydrogens (tertiary/aromatic N) is 3. The van der Waals surface area contributed by atoms with Crippen LogP contribution in [0.4, 0.5) is 0 Å². The van der Waals surface area contributed by atoms with E-state index in [9.17, 15) is 9.59 Å². The number of thioether (sulfide) groups is 1. The molecule has 4 aromatic rings. The average molecular weight is 460 g/mol. The normalized spacial score (nSPS) is 12.3. The highest BCUT2D eigenvalue weighted by atomic mass is 32.2. The number of carbonyl (C=O) groups excluding carboxylic acids is 1. The number of aryl methyl sites for hydroxylation is 2. The minimum absolute atomic E-state index is 0.00110. The van der Waals surface area contributed by atoms with Crippen LogP contribution < -0.4 is 5.56 Å². The van der Waals surface area contributed by atoms with Crippen LogP contribution in [0.15, 0.2) is 64.5 Å². The first-order valence-corrected chi connectivity index (χ1v) is 12.2. The molecule has 0 aliphatic heterocycles. The Morgan fingerprint density at radius 3 is 2.45 bits per heavy atom. The van der Waals surface area contributed by atoms with E-state index >= 15 is 0 Å². The molecule has 2 heterocycles. The maximum absolute atomic E-state index is 13.2. The molecule has 0 amide bonds. The molecule has 2 aromatic heterocycles. The number of Topliss-reactive ketones (excluding diaryl/α,β-unsaturated/α-hetero) is 1. The predicted molar refractivity (Wildman–Crippen MR) is 136 cm³/mol. The fourth-order valence-corrected chi connectivity index (χ4v) is 5.12. The first-order valence-electron chi connectivity index (χ1n) is 11.2. The molecule has 170 valence electrons. The number of para-hydroxylation sites is 1. The van der Waals surface area contributed by atoms with Crippen LogP contribution in [-0.2, 0) is 0 Å². The molecule has 0 radical (unpaired) electrons. The van der Waals surface area contributed by atoms with Gasteiger partial charge >= 0.3 is 0 Å². The van der Waals surface area contributed by atoms with Crippen molar-refractivity contribution in [1.29, 1.82) is 0 Å². The Morgan fingerprint density at radius 1 is 1.06 bits per heavy atom. The van der Waals surface area contributed by atoms with E-state index in [1.807, 2.05) is 58.0 Å². The summed E-state index contributed by atoms with van der Waals surface area (Å²) in [6.45, 7) is 10.1. The highest BCUT2D eigenvalue weighted by molar-refractivity contribution is 7.99. The van der Waals surface area contributed by atoms with Crippen molar-refractivity contribution in [2.24, 2.45) is 0 Å². The van der Waals surface area contributed by atoms with E-state index in [2.05, 4.69) is 35.8 Å². The second-order valence-corrected chi connectivity index (χ2v) is 9.45. The van der Waals surface area contributed by atoms with Crippen molar-refractivity contribution < 1.29 is 4.79 Å². The van der Waals surface area contributed by atoms with Crippen molar-refractivity contribution in [3.63, 3.8) is 0 Å². The van der Waals surface area contributed by atoms with Crippen molar-refractivity contribution in [2.45, 2.75) is 52.2 Å². The zero-order valence-electron chi connectivity index (χ0n) is 19.8. The number of benzene rings is 2. The van der Waals surface area contributed by atoms with Crippen LogP contribution in [0.2, 0.25) is 0 Å². The minimum atomic E-state index is -0.0533. The van der Waals surface area contributed by atoms with Crippen LogP contribution in [0.3, 0.4) is 0 Å². The molecule has 0 fully saturated rings. The Bertz CT molecular complexity index is 1380. The second kappa shape index (κ2) is 9.40. The molecule has 33 heavy (non-hydrogen) atoms. The van der Waals surface area contributed by atoms with Gasteiger partial charge in [0.1, 0.15) is 0 Å². The summed E-state index contributed by atoms with van der Waals surface area (Å²) >= 11 is 1.34. The van der Waals surface area contributed by atoms with Crippen LogP contribution in [0.5, 0.6) is 0 Å². The number of hydrogen-bond acceptors (Lipinski definition) is 4. The van der Waals surface area contributed by atoms with E-state index in [0.717, 1.165) is 23.5 Å². The number of carbonyl (C=O) groups is 1. The molecule has 2 aromatic carbocycles. The Labute approximate surface area is 198 Å². The lowest BCUT2D eigenvalue weighted by molar-refractivity contribution is 0.102. The van der Waals surface area contributed by atoms with Gasteiger partial charge in [0.2, 0.25) is 0 Å². The van der Waals surface area contributed by atoms with E-state index in [4.69, 9.17) is 4.98 Å². The molecule has 4 rings (SSSR count). The third-order valence-electron chi connectivity index (χ3n) is 6.16. The van der Waals surface area contributed by atoms with Gasteiger partial charge in [0.15, 0.2) is 10.9 Å². The number of ketones is 1. The number of fused-ring (bicyclic) bond motifs is 1. The van der Waals surface area contributed by atoms with Gasteiger partial charge in [-0.2, -0.15) is 0 Å². The standard InChI is InChI=1S/C27H29N3O2S/c1-6-18(3)30-26(32)22-9-7-8-10-24(22)28-27(30)33-16-25(31)23-15-19(4)29(20(23)5)21-13-11-17(2)12-14-21/h7-15,18H,6,16H2,1-5H3. The first kappa shape index (κ1) is 23.1. The molecule has 0 spiro atoms. The average Bonchev–Trinajstić information content (AvgIpc) is 3.11. The van der Waals surface area contributed by atoms with Crippen LogP contribution in [0.25, 0.3) is 16.6 Å². The van der Waals surface area contributed by atoms with Crippen molar-refractivity contribution in [2.75, 3.05) is 5.75 Å². The van der Waals surface area contributed by atoms with Crippen molar-refractivity contribution in [1.82, 2.24) is 14.1 Å². The lowest BCUT2D eigenvalue weighted by Crippen LogP contribution is -2.26. The monoisotopic (exact) mass is 459 g/mol. The van der Waals surface area contributed by atoms with Crippen LogP contribution >= 0.6 is 11.8 Å². The zero-order chi connectivity index (χ0) is 23.7. The largest absolute Gasteiger partial charge is 0.318 e. The molecule has 0 bridgehead atoms. The maximum atomic E-state index is 13.2. The molecule has 1 atom stereocenters. The van der Waals surface area contributed by atoms with Crippen molar-refractivity contribution in [3.05, 3.63) is 87.5 Å². The first-order chi connectivity index (χ1) is 15.8. The smallest absolute Gasteiger partial charge is 0.262 e. The molecule has 0 aliphatic rings. The number of rotatable bonds is 7. The summed E-state index contributed by atoms with van der Waals surface area (Å²) in [6, 6.07) is 17.6. The lowest BCUT2D eigenvalue weighted by Gasteiger charge is -2.18. The van der Waals surface area contributed by atoms with E-state index in [1.54, 1.807) is 4.57 Å². The fraction of sp³-hybridized carbons (Fsp3) is 0.296. The topological polar surface area (TPSA) is 56.9 Å². The highest BCUT2D eigenvalue weighted by Gasteiger charge is 2.20. The summed E-state index contributed by atoms with van der Waals surface area (Å²) in [5, 5.41) is 1.20. The van der Waals surface area contributed by atoms with Crippen LogP contribution in [-0.4, -0.2) is 25.7 Å². The summed E-state index contributed by atoms with van der Waals surface area (Å²) in [6.07, 6.45) is 0.805. The summed E-state index contributed by atoms with van der Waals surface area (Å²) < 4.78 is 3.84. The van der Waals surface area contributed by atoms with E-state index in [1.165, 1.54) is 17.3 Å². The molecule has 1 unspecified atom stereocenters. The van der Waals surface area contributed by atoms with Gasteiger partial charge in [-0.25, -0.2) is 4.98 Å². The van der Waals surface area contributed by atoms with Gasteiger partial charge in [-0.3, -0.25) is 14.2 Å². The van der Waals surface area contributed by atoms with E-state index < -0.39 is 0 Å². The molecule has 0 saturated heterocycles. The molecule has 6 heteroatoms. The predicted octanol–water partition coefficient (Wildman–Crippen LogP) is 6.06. The highest BCUT2D eigenvalue weighted by Crippen LogP contribution is 2.26. The molecular weight excluding hydrogens is 430 g/mol. The molecular formula is C27H29N3O2S. The molecule has 0 aliphatic carbocycles. The summed E-state index contributed by atoms with van der Waals surface area (Å²) in [7, 11) is 0. The molecule has 5 nitrogen and oxygen atoms in total. The van der Waals surface area contributed by atoms with Gasteiger partial charge < -0.3 is 4.57 Å². The van der Waals surface area contributed by atoms with Gasteiger partial charge in [0.05, 0.1) is 16.7 Å². The second-order valence-electron chi connectivity index (χ2n) is 8.51. The fourth-order valence-electron chi connectivity index (χ4n) is 4.14. The zero-order valence-corrected chi connectivity index (χ0v) is 20.6. The summed E-state index contributed by atoms with van der Waals surface area (Å²) in [5.74, 6) is 0.254. The Morgan fingerprint density at radius 2 is 1.76 bits per heavy atom. The Kier molecular flexibility index (Phi) is 6.56. The minimum Gasteiger partial charge on any atom is -0.318 e. The third-order valence-corrected chi connectivity index (χ3v) is 7.12. The lowest BCUT2D eigenvalue weighted by atomic mass is 10.2. The Hall–Kier alpha value is -3.12. The summed E-state index contributed by atoms with van der Waals surface area (Å²) in [5.41, 5.74) is 5.50. The quantitative estimate of drug-likeness (QED) is 0.192. The SMILES string of the molecule is CCC(C)n1c(SCC(=O)c2cc(C)n(-c3ccc(C)cc3)c2C)nc2ccccc2c1=O. The van der Waals surface area contributed by atoms with E-state index in [0.29, 0.717) is 21.6 Å².